The van der Waals surface area contributed by atoms with Crippen molar-refractivity contribution in [3.63, 3.8) is 0 Å². The Bertz CT molecular complexity index is 970. The molecule has 2 N–H and O–H groups in total. The lowest BCUT2D eigenvalue weighted by molar-refractivity contribution is -0.118. The molecule has 3 rings (SSSR count). The Morgan fingerprint density at radius 2 is 1.50 bits per heavy atom. The maximum absolute atomic E-state index is 12.4. The van der Waals surface area contributed by atoms with Crippen LogP contribution in [0.1, 0.15) is 28.9 Å². The second-order valence-electron chi connectivity index (χ2n) is 6.70. The van der Waals surface area contributed by atoms with Gasteiger partial charge in [0.15, 0.2) is 6.61 Å². The number of amides is 2. The van der Waals surface area contributed by atoms with Crippen molar-refractivity contribution >= 4 is 17.5 Å². The Morgan fingerprint density at radius 1 is 0.867 bits per heavy atom. The predicted octanol–water partition coefficient (Wildman–Crippen LogP) is 4.20. The standard InChI is InChI=1S/C24H24N2O4/c1-17(18-6-4-3-5-7-18)25-24(28)19-8-10-20(11-9-19)26-23(27)16-30-22-14-12-21(29-2)13-15-22/h3-15,17H,16H2,1-2H3,(H,25,28)(H,26,27). The van der Waals surface area contributed by atoms with Crippen LogP contribution in [0.3, 0.4) is 0 Å². The first-order valence-corrected chi connectivity index (χ1v) is 9.58. The minimum Gasteiger partial charge on any atom is -0.497 e. The molecule has 1 unspecified atom stereocenters. The van der Waals surface area contributed by atoms with Crippen molar-refractivity contribution in [2.45, 2.75) is 13.0 Å². The van der Waals surface area contributed by atoms with Gasteiger partial charge in [-0.3, -0.25) is 9.59 Å². The lowest BCUT2D eigenvalue weighted by atomic mass is 10.1. The van der Waals surface area contributed by atoms with E-state index in [0.29, 0.717) is 22.7 Å². The highest BCUT2D eigenvalue weighted by atomic mass is 16.5. The third-order valence-electron chi connectivity index (χ3n) is 4.51. The molecule has 6 nitrogen and oxygen atoms in total. The zero-order valence-corrected chi connectivity index (χ0v) is 16.9. The Morgan fingerprint density at radius 3 is 2.13 bits per heavy atom. The monoisotopic (exact) mass is 404 g/mol. The lowest BCUT2D eigenvalue weighted by Gasteiger charge is -2.14. The van der Waals surface area contributed by atoms with Crippen molar-refractivity contribution in [3.05, 3.63) is 90.0 Å². The van der Waals surface area contributed by atoms with Crippen molar-refractivity contribution in [1.82, 2.24) is 5.32 Å². The van der Waals surface area contributed by atoms with Crippen LogP contribution in [0.4, 0.5) is 5.69 Å². The van der Waals surface area contributed by atoms with Crippen molar-refractivity contribution in [1.29, 1.82) is 0 Å². The van der Waals surface area contributed by atoms with Gasteiger partial charge in [0.05, 0.1) is 13.2 Å². The van der Waals surface area contributed by atoms with Crippen LogP contribution in [-0.2, 0) is 4.79 Å². The fourth-order valence-corrected chi connectivity index (χ4v) is 2.83. The highest BCUT2D eigenvalue weighted by molar-refractivity contribution is 5.96. The summed E-state index contributed by atoms with van der Waals surface area (Å²) in [6.07, 6.45) is 0. The summed E-state index contributed by atoms with van der Waals surface area (Å²) in [5.74, 6) is 0.826. The zero-order chi connectivity index (χ0) is 21.3. The summed E-state index contributed by atoms with van der Waals surface area (Å²) in [6, 6.07) is 23.4. The largest absolute Gasteiger partial charge is 0.497 e. The van der Waals surface area contributed by atoms with Gasteiger partial charge in [-0.2, -0.15) is 0 Å². The Balaban J connectivity index is 1.49. The normalized spacial score (nSPS) is 11.3. The van der Waals surface area contributed by atoms with Crippen LogP contribution in [0.15, 0.2) is 78.9 Å². The fraction of sp³-hybridized carbons (Fsp3) is 0.167. The average molecular weight is 404 g/mol. The molecule has 0 radical (unpaired) electrons. The van der Waals surface area contributed by atoms with Gasteiger partial charge in [-0.25, -0.2) is 0 Å². The third kappa shape index (κ3) is 5.85. The lowest BCUT2D eigenvalue weighted by Crippen LogP contribution is -2.26. The number of hydrogen-bond acceptors (Lipinski definition) is 4. The van der Waals surface area contributed by atoms with E-state index in [0.717, 1.165) is 5.56 Å². The number of anilines is 1. The minimum atomic E-state index is -0.291. The molecule has 0 fully saturated rings. The first-order valence-electron chi connectivity index (χ1n) is 9.58. The third-order valence-corrected chi connectivity index (χ3v) is 4.51. The minimum absolute atomic E-state index is 0.104. The second kappa shape index (κ2) is 10.1. The summed E-state index contributed by atoms with van der Waals surface area (Å²) in [6.45, 7) is 1.81. The Labute approximate surface area is 175 Å². The van der Waals surface area contributed by atoms with Crippen molar-refractivity contribution in [3.8, 4) is 11.5 Å². The number of nitrogens with one attached hydrogen (secondary N) is 2. The molecule has 2 amide bonds. The average Bonchev–Trinajstić information content (AvgIpc) is 2.79. The number of ether oxygens (including phenoxy) is 2. The van der Waals surface area contributed by atoms with E-state index in [2.05, 4.69) is 10.6 Å². The van der Waals surface area contributed by atoms with E-state index in [1.807, 2.05) is 37.3 Å². The summed E-state index contributed by atoms with van der Waals surface area (Å²) in [4.78, 5) is 24.5. The van der Waals surface area contributed by atoms with Crippen LogP contribution < -0.4 is 20.1 Å². The molecule has 0 saturated heterocycles. The highest BCUT2D eigenvalue weighted by Crippen LogP contribution is 2.17. The van der Waals surface area contributed by atoms with Gasteiger partial charge in [-0.15, -0.1) is 0 Å². The van der Waals surface area contributed by atoms with Crippen LogP contribution in [0.5, 0.6) is 11.5 Å². The maximum atomic E-state index is 12.4. The molecule has 3 aromatic rings. The number of carbonyl (C=O) groups is 2. The van der Waals surface area contributed by atoms with E-state index in [1.165, 1.54) is 0 Å². The number of hydrogen-bond donors (Lipinski definition) is 2. The van der Waals surface area contributed by atoms with Crippen molar-refractivity contribution < 1.29 is 19.1 Å². The van der Waals surface area contributed by atoms with Crippen molar-refractivity contribution in [2.24, 2.45) is 0 Å². The predicted molar refractivity (Wildman–Crippen MR) is 116 cm³/mol. The van der Waals surface area contributed by atoms with E-state index < -0.39 is 0 Å². The molecular formula is C24H24N2O4. The van der Waals surface area contributed by atoms with E-state index in [1.54, 1.807) is 55.6 Å². The molecule has 30 heavy (non-hydrogen) atoms. The van der Waals surface area contributed by atoms with Gasteiger partial charge < -0.3 is 20.1 Å². The Kier molecular flexibility index (Phi) is 7.05. The first kappa shape index (κ1) is 20.9. The molecule has 154 valence electrons. The highest BCUT2D eigenvalue weighted by Gasteiger charge is 2.11. The summed E-state index contributed by atoms with van der Waals surface area (Å²) < 4.78 is 10.5. The van der Waals surface area contributed by atoms with E-state index in [9.17, 15) is 9.59 Å². The van der Waals surface area contributed by atoms with Gasteiger partial charge >= 0.3 is 0 Å². The van der Waals surface area contributed by atoms with Gasteiger partial charge in [0.25, 0.3) is 11.8 Å². The molecule has 0 aromatic heterocycles. The van der Waals surface area contributed by atoms with Crippen LogP contribution in [-0.4, -0.2) is 25.5 Å². The van der Waals surface area contributed by atoms with E-state index >= 15 is 0 Å². The number of rotatable bonds is 8. The smallest absolute Gasteiger partial charge is 0.262 e. The van der Waals surface area contributed by atoms with Gasteiger partial charge in [0.2, 0.25) is 0 Å². The topological polar surface area (TPSA) is 76.7 Å². The molecule has 0 spiro atoms. The molecule has 0 aliphatic rings. The fourth-order valence-electron chi connectivity index (χ4n) is 2.83. The van der Waals surface area contributed by atoms with Gasteiger partial charge in [-0.1, -0.05) is 30.3 Å². The van der Waals surface area contributed by atoms with Gasteiger partial charge in [-0.05, 0) is 61.0 Å². The molecule has 0 aliphatic heterocycles. The maximum Gasteiger partial charge on any atom is 0.262 e. The SMILES string of the molecule is COc1ccc(OCC(=O)Nc2ccc(C(=O)NC(C)c3ccccc3)cc2)cc1. The molecular weight excluding hydrogens is 380 g/mol. The first-order chi connectivity index (χ1) is 14.5. The number of benzene rings is 3. The molecule has 0 heterocycles. The number of methoxy groups -OCH3 is 1. The van der Waals surface area contributed by atoms with Crippen LogP contribution in [0, 0.1) is 0 Å². The summed E-state index contributed by atoms with van der Waals surface area (Å²) in [5, 5.41) is 5.71. The van der Waals surface area contributed by atoms with Gasteiger partial charge in [0, 0.05) is 11.3 Å². The zero-order valence-electron chi connectivity index (χ0n) is 16.9. The molecule has 0 saturated carbocycles. The quantitative estimate of drug-likeness (QED) is 0.590. The summed E-state index contributed by atoms with van der Waals surface area (Å²) in [5.41, 5.74) is 2.14. The van der Waals surface area contributed by atoms with Crippen LogP contribution >= 0.6 is 0 Å². The summed E-state index contributed by atoms with van der Waals surface area (Å²) >= 11 is 0. The molecule has 1 atom stereocenters. The second-order valence-corrected chi connectivity index (χ2v) is 6.70. The van der Waals surface area contributed by atoms with Crippen LogP contribution in [0.2, 0.25) is 0 Å². The van der Waals surface area contributed by atoms with E-state index in [-0.39, 0.29) is 24.5 Å². The molecule has 0 aliphatic carbocycles. The van der Waals surface area contributed by atoms with Crippen LogP contribution in [0.25, 0.3) is 0 Å². The molecule has 0 bridgehead atoms. The molecule has 6 heteroatoms. The number of carbonyl (C=O) groups excluding carboxylic acids is 2. The Hall–Kier alpha value is -3.80. The summed E-state index contributed by atoms with van der Waals surface area (Å²) in [7, 11) is 1.59. The molecule has 3 aromatic carbocycles. The van der Waals surface area contributed by atoms with Gasteiger partial charge in [0.1, 0.15) is 11.5 Å². The van der Waals surface area contributed by atoms with E-state index in [4.69, 9.17) is 9.47 Å². The van der Waals surface area contributed by atoms with Crippen molar-refractivity contribution in [2.75, 3.05) is 19.0 Å².